The number of rotatable bonds is 6. The molecule has 4 N–H and O–H groups in total. The Kier molecular flexibility index (Phi) is 8.66. The molecular weight excluding hydrogens is 290 g/mol. The van der Waals surface area contributed by atoms with Crippen LogP contribution in [-0.2, 0) is 4.79 Å². The molecule has 6 heteroatoms. The van der Waals surface area contributed by atoms with Gasteiger partial charge in [-0.05, 0) is 25.0 Å². The molecule has 1 aromatic carbocycles. The number of benzene rings is 1. The Hall–Kier alpha value is -1.59. The van der Waals surface area contributed by atoms with Gasteiger partial charge in [-0.15, -0.1) is 12.4 Å². The van der Waals surface area contributed by atoms with Crippen LogP contribution in [0.1, 0.15) is 37.6 Å². The number of carbonyl (C=O) groups excluding carboxylic acids is 2. The standard InChI is InChI=1S/C15H23N3O2.ClH/c1-10(2)9-17-15(20)12-6-4-5-7-13(12)18-14(19)8-11(3)16;/h4-7,10-11H,8-9,16H2,1-3H3,(H,17,20)(H,18,19);1H. The molecule has 0 aromatic heterocycles. The summed E-state index contributed by atoms with van der Waals surface area (Å²) in [5, 5.41) is 5.57. The molecule has 0 radical (unpaired) electrons. The molecule has 2 amide bonds. The Morgan fingerprint density at radius 2 is 1.81 bits per heavy atom. The van der Waals surface area contributed by atoms with Crippen LogP contribution in [0.25, 0.3) is 0 Å². The molecule has 0 aliphatic carbocycles. The van der Waals surface area contributed by atoms with E-state index in [1.54, 1.807) is 31.2 Å². The van der Waals surface area contributed by atoms with Crippen molar-refractivity contribution in [2.45, 2.75) is 33.2 Å². The Bertz CT molecular complexity index is 476. The Labute approximate surface area is 132 Å². The molecule has 0 heterocycles. The van der Waals surface area contributed by atoms with Crippen molar-refractivity contribution in [2.24, 2.45) is 11.7 Å². The van der Waals surface area contributed by atoms with Gasteiger partial charge in [0.15, 0.2) is 0 Å². The van der Waals surface area contributed by atoms with Crippen LogP contribution in [0.5, 0.6) is 0 Å². The van der Waals surface area contributed by atoms with Crippen LogP contribution in [0, 0.1) is 5.92 Å². The normalized spacial score (nSPS) is 11.5. The fourth-order valence-electron chi connectivity index (χ4n) is 1.68. The minimum Gasteiger partial charge on any atom is -0.352 e. The van der Waals surface area contributed by atoms with E-state index in [9.17, 15) is 9.59 Å². The van der Waals surface area contributed by atoms with E-state index in [1.807, 2.05) is 13.8 Å². The van der Waals surface area contributed by atoms with Crippen LogP contribution in [0.15, 0.2) is 24.3 Å². The van der Waals surface area contributed by atoms with E-state index >= 15 is 0 Å². The fourth-order valence-corrected chi connectivity index (χ4v) is 1.68. The summed E-state index contributed by atoms with van der Waals surface area (Å²) in [5.41, 5.74) is 6.56. The molecule has 0 saturated carbocycles. The number of nitrogens with one attached hydrogen (secondary N) is 2. The highest BCUT2D eigenvalue weighted by molar-refractivity contribution is 6.03. The third kappa shape index (κ3) is 7.11. The van der Waals surface area contributed by atoms with E-state index in [-0.39, 0.29) is 36.7 Å². The Morgan fingerprint density at radius 3 is 2.38 bits per heavy atom. The molecule has 0 saturated heterocycles. The minimum atomic E-state index is -0.211. The van der Waals surface area contributed by atoms with Gasteiger partial charge in [0.2, 0.25) is 5.91 Å². The van der Waals surface area contributed by atoms with Crippen molar-refractivity contribution in [3.05, 3.63) is 29.8 Å². The zero-order valence-corrected chi connectivity index (χ0v) is 13.5. The second-order valence-electron chi connectivity index (χ2n) is 5.38. The van der Waals surface area contributed by atoms with Crippen molar-refractivity contribution in [3.63, 3.8) is 0 Å². The highest BCUT2D eigenvalue weighted by Crippen LogP contribution is 2.15. The predicted octanol–water partition coefficient (Wildman–Crippen LogP) is 2.17. The van der Waals surface area contributed by atoms with Crippen LogP contribution < -0.4 is 16.4 Å². The van der Waals surface area contributed by atoms with Crippen molar-refractivity contribution < 1.29 is 9.59 Å². The van der Waals surface area contributed by atoms with Crippen molar-refractivity contribution >= 4 is 29.9 Å². The van der Waals surface area contributed by atoms with Gasteiger partial charge < -0.3 is 16.4 Å². The van der Waals surface area contributed by atoms with Crippen molar-refractivity contribution in [2.75, 3.05) is 11.9 Å². The monoisotopic (exact) mass is 313 g/mol. The molecule has 0 spiro atoms. The van der Waals surface area contributed by atoms with Crippen LogP contribution >= 0.6 is 12.4 Å². The third-order valence-corrected chi connectivity index (χ3v) is 2.62. The lowest BCUT2D eigenvalue weighted by atomic mass is 10.1. The van der Waals surface area contributed by atoms with E-state index in [2.05, 4.69) is 10.6 Å². The first-order valence-electron chi connectivity index (χ1n) is 6.82. The van der Waals surface area contributed by atoms with Gasteiger partial charge >= 0.3 is 0 Å². The largest absolute Gasteiger partial charge is 0.352 e. The number of carbonyl (C=O) groups is 2. The van der Waals surface area contributed by atoms with E-state index in [0.29, 0.717) is 23.7 Å². The number of nitrogens with two attached hydrogens (primary N) is 1. The van der Waals surface area contributed by atoms with E-state index < -0.39 is 0 Å². The maximum atomic E-state index is 12.1. The van der Waals surface area contributed by atoms with Crippen LogP contribution in [0.3, 0.4) is 0 Å². The number of anilines is 1. The quantitative estimate of drug-likeness (QED) is 0.752. The van der Waals surface area contributed by atoms with Gasteiger partial charge in [0.1, 0.15) is 0 Å². The zero-order chi connectivity index (χ0) is 15.1. The average Bonchev–Trinajstić information content (AvgIpc) is 2.35. The van der Waals surface area contributed by atoms with Gasteiger partial charge in [-0.1, -0.05) is 26.0 Å². The summed E-state index contributed by atoms with van der Waals surface area (Å²) in [5.74, 6) is -0.00157. The molecule has 118 valence electrons. The Balaban J connectivity index is 0.00000400. The van der Waals surface area contributed by atoms with Gasteiger partial charge in [0.05, 0.1) is 11.3 Å². The first-order chi connectivity index (χ1) is 9.40. The van der Waals surface area contributed by atoms with E-state index in [1.165, 1.54) is 0 Å². The first-order valence-corrected chi connectivity index (χ1v) is 6.82. The van der Waals surface area contributed by atoms with Gasteiger partial charge in [0, 0.05) is 19.0 Å². The maximum absolute atomic E-state index is 12.1. The fraction of sp³-hybridized carbons (Fsp3) is 0.467. The molecule has 0 fully saturated rings. The summed E-state index contributed by atoms with van der Waals surface area (Å²) in [4.78, 5) is 23.8. The van der Waals surface area contributed by atoms with Gasteiger partial charge in [-0.2, -0.15) is 0 Å². The minimum absolute atomic E-state index is 0. The molecule has 21 heavy (non-hydrogen) atoms. The lowest BCUT2D eigenvalue weighted by Crippen LogP contribution is -2.29. The number of halogens is 1. The lowest BCUT2D eigenvalue weighted by molar-refractivity contribution is -0.116. The number of para-hydroxylation sites is 1. The summed E-state index contributed by atoms with van der Waals surface area (Å²) in [6.07, 6.45) is 0.224. The van der Waals surface area contributed by atoms with Crippen LogP contribution in [0.4, 0.5) is 5.69 Å². The summed E-state index contributed by atoms with van der Waals surface area (Å²) in [6, 6.07) is 6.74. The number of hydrogen-bond acceptors (Lipinski definition) is 3. The van der Waals surface area contributed by atoms with Gasteiger partial charge in [-0.25, -0.2) is 0 Å². The van der Waals surface area contributed by atoms with Crippen LogP contribution in [-0.4, -0.2) is 24.4 Å². The SMILES string of the molecule is CC(C)CNC(=O)c1ccccc1NC(=O)CC(C)N.Cl. The molecule has 0 aliphatic rings. The Morgan fingerprint density at radius 1 is 1.19 bits per heavy atom. The topological polar surface area (TPSA) is 84.2 Å². The van der Waals surface area contributed by atoms with E-state index in [4.69, 9.17) is 5.73 Å². The molecule has 1 rings (SSSR count). The molecule has 5 nitrogen and oxygen atoms in total. The molecule has 1 aromatic rings. The van der Waals surface area contributed by atoms with Crippen molar-refractivity contribution in [1.29, 1.82) is 0 Å². The third-order valence-electron chi connectivity index (χ3n) is 2.62. The zero-order valence-electron chi connectivity index (χ0n) is 12.7. The van der Waals surface area contributed by atoms with Gasteiger partial charge in [-0.3, -0.25) is 9.59 Å². The summed E-state index contributed by atoms with van der Waals surface area (Å²) in [7, 11) is 0. The molecule has 0 aliphatic heterocycles. The highest BCUT2D eigenvalue weighted by Gasteiger charge is 2.13. The smallest absolute Gasteiger partial charge is 0.253 e. The molecule has 0 bridgehead atoms. The molecule has 1 atom stereocenters. The van der Waals surface area contributed by atoms with Crippen molar-refractivity contribution in [1.82, 2.24) is 5.32 Å². The summed E-state index contributed by atoms with van der Waals surface area (Å²) in [6.45, 7) is 6.41. The highest BCUT2D eigenvalue weighted by atomic mass is 35.5. The number of amides is 2. The summed E-state index contributed by atoms with van der Waals surface area (Å²) >= 11 is 0. The summed E-state index contributed by atoms with van der Waals surface area (Å²) < 4.78 is 0. The molecule has 1 unspecified atom stereocenters. The first kappa shape index (κ1) is 19.4. The predicted molar refractivity (Wildman–Crippen MR) is 87.8 cm³/mol. The lowest BCUT2D eigenvalue weighted by Gasteiger charge is -2.13. The van der Waals surface area contributed by atoms with E-state index in [0.717, 1.165) is 0 Å². The van der Waals surface area contributed by atoms with Crippen molar-refractivity contribution in [3.8, 4) is 0 Å². The number of hydrogen-bond donors (Lipinski definition) is 3. The van der Waals surface area contributed by atoms with Gasteiger partial charge in [0.25, 0.3) is 5.91 Å². The molecular formula is C15H24ClN3O2. The second kappa shape index (κ2) is 9.37. The average molecular weight is 314 g/mol. The van der Waals surface area contributed by atoms with Crippen LogP contribution in [0.2, 0.25) is 0 Å². The second-order valence-corrected chi connectivity index (χ2v) is 5.38. The maximum Gasteiger partial charge on any atom is 0.253 e.